The van der Waals surface area contributed by atoms with Crippen molar-refractivity contribution in [1.29, 1.82) is 0 Å². The number of hydrogen-bond acceptors (Lipinski definition) is 0. The van der Waals surface area contributed by atoms with E-state index in [9.17, 15) is 8.78 Å². The van der Waals surface area contributed by atoms with Gasteiger partial charge in [0.15, 0.2) is 0 Å². The van der Waals surface area contributed by atoms with Crippen molar-refractivity contribution in [3.8, 4) is 11.1 Å². The number of benzene rings is 2. The van der Waals surface area contributed by atoms with Gasteiger partial charge in [0.05, 0.1) is 0 Å². The van der Waals surface area contributed by atoms with Crippen LogP contribution in [-0.2, 0) is 0 Å². The molecule has 0 atom stereocenters. The topological polar surface area (TPSA) is 0 Å². The van der Waals surface area contributed by atoms with Gasteiger partial charge >= 0.3 is 0 Å². The minimum absolute atomic E-state index is 0.332. The maximum Gasteiger partial charge on any atom is 0.131 e. The highest BCUT2D eigenvalue weighted by atomic mass is 127. The van der Waals surface area contributed by atoms with E-state index in [0.29, 0.717) is 11.1 Å². The summed E-state index contributed by atoms with van der Waals surface area (Å²) in [5.41, 5.74) is 0.993. The molecule has 0 aromatic heterocycles. The van der Waals surface area contributed by atoms with Crippen molar-refractivity contribution in [3.63, 3.8) is 0 Å². The first-order valence-electron chi connectivity index (χ1n) is 4.38. The minimum Gasteiger partial charge on any atom is -0.207 e. The highest BCUT2D eigenvalue weighted by Crippen LogP contribution is 2.25. The number of rotatable bonds is 1. The number of hydrogen-bond donors (Lipinski definition) is 0. The average Bonchev–Trinajstić information content (AvgIpc) is 2.22. The summed E-state index contributed by atoms with van der Waals surface area (Å²) >= 11 is 2.10. The van der Waals surface area contributed by atoms with Gasteiger partial charge in [-0.15, -0.1) is 0 Å². The molecule has 76 valence electrons. The molecule has 15 heavy (non-hydrogen) atoms. The van der Waals surface area contributed by atoms with Crippen molar-refractivity contribution >= 4 is 22.6 Å². The SMILES string of the molecule is Fc1cccc(-c2cc(I)ccc2F)c1. The summed E-state index contributed by atoms with van der Waals surface area (Å²) in [4.78, 5) is 0. The highest BCUT2D eigenvalue weighted by Gasteiger charge is 2.05. The van der Waals surface area contributed by atoms with Gasteiger partial charge in [-0.3, -0.25) is 0 Å². The van der Waals surface area contributed by atoms with Gasteiger partial charge in [-0.1, -0.05) is 12.1 Å². The Morgan fingerprint density at radius 3 is 2.47 bits per heavy atom. The zero-order valence-electron chi connectivity index (χ0n) is 7.68. The minimum atomic E-state index is -0.356. The second-order valence-electron chi connectivity index (χ2n) is 3.13. The zero-order valence-corrected chi connectivity index (χ0v) is 9.83. The predicted molar refractivity (Wildman–Crippen MR) is 64.5 cm³/mol. The molecule has 0 fully saturated rings. The summed E-state index contributed by atoms with van der Waals surface area (Å²) in [5.74, 6) is -0.688. The van der Waals surface area contributed by atoms with Gasteiger partial charge in [0.25, 0.3) is 0 Å². The second kappa shape index (κ2) is 4.26. The summed E-state index contributed by atoms with van der Waals surface area (Å²) in [5, 5.41) is 0. The Hall–Kier alpha value is -0.970. The first kappa shape index (κ1) is 10.5. The lowest BCUT2D eigenvalue weighted by atomic mass is 10.1. The van der Waals surface area contributed by atoms with Crippen LogP contribution in [0.5, 0.6) is 0 Å². The van der Waals surface area contributed by atoms with E-state index in [1.807, 2.05) is 0 Å². The monoisotopic (exact) mass is 316 g/mol. The highest BCUT2D eigenvalue weighted by molar-refractivity contribution is 14.1. The van der Waals surface area contributed by atoms with Crippen molar-refractivity contribution in [2.45, 2.75) is 0 Å². The van der Waals surface area contributed by atoms with Crippen LogP contribution in [-0.4, -0.2) is 0 Å². The van der Waals surface area contributed by atoms with Crippen LogP contribution < -0.4 is 0 Å². The van der Waals surface area contributed by atoms with Crippen molar-refractivity contribution in [3.05, 3.63) is 57.7 Å². The van der Waals surface area contributed by atoms with E-state index >= 15 is 0 Å². The second-order valence-corrected chi connectivity index (χ2v) is 4.38. The van der Waals surface area contributed by atoms with Crippen molar-refractivity contribution in [2.75, 3.05) is 0 Å². The average molecular weight is 316 g/mol. The molecule has 0 unspecified atom stereocenters. The molecule has 0 nitrogen and oxygen atoms in total. The lowest BCUT2D eigenvalue weighted by molar-refractivity contribution is 0.624. The third kappa shape index (κ3) is 2.34. The van der Waals surface area contributed by atoms with E-state index in [1.165, 1.54) is 18.2 Å². The Kier molecular flexibility index (Phi) is 3.00. The van der Waals surface area contributed by atoms with E-state index in [1.54, 1.807) is 24.3 Å². The first-order chi connectivity index (χ1) is 7.16. The van der Waals surface area contributed by atoms with Gasteiger partial charge < -0.3 is 0 Å². The molecule has 0 saturated heterocycles. The van der Waals surface area contributed by atoms with E-state index in [0.717, 1.165) is 3.57 Å². The lowest BCUT2D eigenvalue weighted by Gasteiger charge is -2.04. The molecule has 2 aromatic rings. The Morgan fingerprint density at radius 2 is 1.73 bits per heavy atom. The van der Waals surface area contributed by atoms with Crippen molar-refractivity contribution in [1.82, 2.24) is 0 Å². The summed E-state index contributed by atoms with van der Waals surface area (Å²) in [6.07, 6.45) is 0. The van der Waals surface area contributed by atoms with Crippen LogP contribution in [0.1, 0.15) is 0 Å². The molecule has 0 bridgehead atoms. The Labute approximate surface area is 100 Å². The van der Waals surface area contributed by atoms with Gasteiger partial charge in [0, 0.05) is 9.13 Å². The van der Waals surface area contributed by atoms with Gasteiger partial charge in [-0.05, 0) is 58.5 Å². The molecule has 0 N–H and O–H groups in total. The van der Waals surface area contributed by atoms with E-state index < -0.39 is 0 Å². The van der Waals surface area contributed by atoms with Crippen LogP contribution in [0.15, 0.2) is 42.5 Å². The molecule has 2 aromatic carbocycles. The fraction of sp³-hybridized carbons (Fsp3) is 0. The summed E-state index contributed by atoms with van der Waals surface area (Å²) in [7, 11) is 0. The standard InChI is InChI=1S/C12H7F2I/c13-9-3-1-2-8(6-9)11-7-10(15)4-5-12(11)14/h1-7H. The van der Waals surface area contributed by atoms with E-state index in [-0.39, 0.29) is 11.6 Å². The van der Waals surface area contributed by atoms with Crippen molar-refractivity contribution < 1.29 is 8.78 Å². The first-order valence-corrected chi connectivity index (χ1v) is 5.46. The molecule has 0 saturated carbocycles. The van der Waals surface area contributed by atoms with Gasteiger partial charge in [-0.25, -0.2) is 8.78 Å². The summed E-state index contributed by atoms with van der Waals surface area (Å²) in [6, 6.07) is 10.7. The smallest absolute Gasteiger partial charge is 0.131 e. The largest absolute Gasteiger partial charge is 0.207 e. The molecule has 2 rings (SSSR count). The lowest BCUT2D eigenvalue weighted by Crippen LogP contribution is -1.86. The Morgan fingerprint density at radius 1 is 0.933 bits per heavy atom. The molecular weight excluding hydrogens is 309 g/mol. The Balaban J connectivity index is 2.58. The molecule has 0 aliphatic rings. The third-order valence-electron chi connectivity index (χ3n) is 2.06. The molecule has 0 spiro atoms. The van der Waals surface area contributed by atoms with Gasteiger partial charge in [0.2, 0.25) is 0 Å². The van der Waals surface area contributed by atoms with Crippen LogP contribution in [0.3, 0.4) is 0 Å². The zero-order chi connectivity index (χ0) is 10.8. The molecule has 0 aliphatic carbocycles. The normalized spacial score (nSPS) is 10.3. The fourth-order valence-electron chi connectivity index (χ4n) is 1.37. The molecule has 3 heteroatoms. The number of halogens is 3. The predicted octanol–water partition coefficient (Wildman–Crippen LogP) is 4.24. The molecule has 0 radical (unpaired) electrons. The summed E-state index contributed by atoms with van der Waals surface area (Å²) in [6.45, 7) is 0. The van der Waals surface area contributed by atoms with Crippen molar-refractivity contribution in [2.24, 2.45) is 0 Å². The van der Waals surface area contributed by atoms with E-state index in [4.69, 9.17) is 0 Å². The van der Waals surface area contributed by atoms with Crippen LogP contribution >= 0.6 is 22.6 Å². The third-order valence-corrected chi connectivity index (χ3v) is 2.74. The fourth-order valence-corrected chi connectivity index (χ4v) is 1.87. The quantitative estimate of drug-likeness (QED) is 0.691. The molecule has 0 heterocycles. The van der Waals surface area contributed by atoms with E-state index in [2.05, 4.69) is 22.6 Å². The molecular formula is C12H7F2I. The molecule has 0 aliphatic heterocycles. The Bertz CT molecular complexity index is 495. The maximum atomic E-state index is 13.5. The van der Waals surface area contributed by atoms with Gasteiger partial charge in [0.1, 0.15) is 11.6 Å². The maximum absolute atomic E-state index is 13.5. The van der Waals surface area contributed by atoms with Crippen LogP contribution in [0.4, 0.5) is 8.78 Å². The van der Waals surface area contributed by atoms with Crippen LogP contribution in [0.25, 0.3) is 11.1 Å². The molecule has 0 amide bonds. The van der Waals surface area contributed by atoms with Crippen LogP contribution in [0, 0.1) is 15.2 Å². The van der Waals surface area contributed by atoms with Crippen LogP contribution in [0.2, 0.25) is 0 Å². The summed E-state index contributed by atoms with van der Waals surface area (Å²) < 4.78 is 27.3. The van der Waals surface area contributed by atoms with Gasteiger partial charge in [-0.2, -0.15) is 0 Å².